The van der Waals surface area contributed by atoms with Crippen LogP contribution in [0.4, 0.5) is 167 Å². The first-order valence-corrected chi connectivity index (χ1v) is 15.7. The van der Waals surface area contributed by atoms with E-state index < -0.39 is 141 Å². The van der Waals surface area contributed by atoms with Crippen LogP contribution in [0, 0.1) is 0 Å². The third-order valence-corrected chi connectivity index (χ3v) is 8.67. The molecule has 0 bridgehead atoms. The predicted octanol–water partition coefficient (Wildman–Crippen LogP) is 7.59. The number of carbonyl (C=O) groups excluding carboxylic acids is 2. The van der Waals surface area contributed by atoms with Crippen molar-refractivity contribution in [2.45, 2.75) is 119 Å². The van der Waals surface area contributed by atoms with Gasteiger partial charge < -0.3 is 14.0 Å². The van der Waals surface area contributed by atoms with Gasteiger partial charge in [-0.05, 0) is 0 Å². The summed E-state index contributed by atoms with van der Waals surface area (Å²) >= 11 is 0. The van der Waals surface area contributed by atoms with Crippen LogP contribution in [0.15, 0.2) is 0 Å². The monoisotopic (exact) mass is 1160 g/mol. The standard InChI is InChI=1S/C22H4F38O7S.Na/c23-5(24,7(27,28)11(35,36)15(43,44)19(51,52)53)9(31,32)13(39,40)17(47,48)21(57,58)66-3(61)1-2(68(63,64)65)4(62)67-22(59,60)18(49,50)14(41,42)10(33,34)6(25,26)8(29,30)12(37,38)16(45,46)20(54,55)56;/h2H,1H2,(H,63,64,65);/q;+1/p-1. The largest absolute Gasteiger partial charge is 1.00 e. The number of alkyl halides is 38. The van der Waals surface area contributed by atoms with Crippen molar-refractivity contribution in [2.75, 3.05) is 0 Å². The summed E-state index contributed by atoms with van der Waals surface area (Å²) in [6, 6.07) is 0. The Kier molecular flexibility index (Phi) is 17.5. The summed E-state index contributed by atoms with van der Waals surface area (Å²) < 4.78 is 545. The van der Waals surface area contributed by atoms with Crippen LogP contribution in [0.3, 0.4) is 0 Å². The molecule has 0 saturated heterocycles. The summed E-state index contributed by atoms with van der Waals surface area (Å²) in [5.74, 6) is -141. The molecule has 0 spiro atoms. The molecular weight excluding hydrogens is 1150 g/mol. The van der Waals surface area contributed by atoms with Crippen LogP contribution in [-0.2, 0) is 29.2 Å². The molecule has 1 atom stereocenters. The quantitative estimate of drug-likeness (QED) is 0.0536. The number of ether oxygens (including phenoxy) is 2. The van der Waals surface area contributed by atoms with E-state index in [1.807, 2.05) is 0 Å². The van der Waals surface area contributed by atoms with Gasteiger partial charge in [-0.1, -0.05) is 0 Å². The van der Waals surface area contributed by atoms with Gasteiger partial charge in [0.1, 0.15) is 10.1 Å². The van der Waals surface area contributed by atoms with Crippen molar-refractivity contribution in [1.82, 2.24) is 0 Å². The molecule has 0 aliphatic carbocycles. The maximum Gasteiger partial charge on any atom is 1.00 e. The second-order valence-corrected chi connectivity index (χ2v) is 13.7. The van der Waals surface area contributed by atoms with Crippen molar-refractivity contribution in [2.24, 2.45) is 0 Å². The first-order chi connectivity index (χ1) is 28.6. The van der Waals surface area contributed by atoms with Crippen molar-refractivity contribution < 1.29 is 228 Å². The minimum absolute atomic E-state index is 0. The molecular formula is C22H3F38NaO7S. The zero-order valence-corrected chi connectivity index (χ0v) is 32.7. The normalized spacial score (nSPS) is 16.7. The zero-order valence-electron chi connectivity index (χ0n) is 29.9. The molecule has 1 unspecified atom stereocenters. The van der Waals surface area contributed by atoms with Crippen molar-refractivity contribution >= 4 is 22.1 Å². The van der Waals surface area contributed by atoms with Gasteiger partial charge in [0, 0.05) is 0 Å². The summed E-state index contributed by atoms with van der Waals surface area (Å²) in [7, 11) is -7.84. The van der Waals surface area contributed by atoms with Crippen molar-refractivity contribution in [1.29, 1.82) is 0 Å². The molecule has 0 saturated carbocycles. The van der Waals surface area contributed by atoms with Crippen molar-refractivity contribution in [3.63, 3.8) is 0 Å². The predicted molar refractivity (Wildman–Crippen MR) is 122 cm³/mol. The molecule has 0 rings (SSSR count). The summed E-state index contributed by atoms with van der Waals surface area (Å²) in [5.41, 5.74) is 0. The Morgan fingerprint density at radius 2 is 0.507 bits per heavy atom. The van der Waals surface area contributed by atoms with E-state index in [1.165, 1.54) is 0 Å². The van der Waals surface area contributed by atoms with Crippen LogP contribution in [0.25, 0.3) is 0 Å². The molecule has 7 nitrogen and oxygen atoms in total. The van der Waals surface area contributed by atoms with E-state index in [4.69, 9.17) is 0 Å². The molecule has 0 aromatic rings. The molecule has 47 heteroatoms. The van der Waals surface area contributed by atoms with Gasteiger partial charge in [-0.2, -0.15) is 167 Å². The van der Waals surface area contributed by atoms with Gasteiger partial charge in [0.2, 0.25) is 0 Å². The molecule has 0 amide bonds. The summed E-state index contributed by atoms with van der Waals surface area (Å²) in [4.78, 5) is 23.1. The maximum absolute atomic E-state index is 14.0. The van der Waals surface area contributed by atoms with Gasteiger partial charge in [0.05, 0.1) is 6.42 Å². The fourth-order valence-electron chi connectivity index (χ4n) is 3.65. The van der Waals surface area contributed by atoms with Crippen LogP contribution >= 0.6 is 0 Å². The van der Waals surface area contributed by atoms with Gasteiger partial charge in [0.25, 0.3) is 0 Å². The fraction of sp³-hybridized carbons (Fsp3) is 0.909. The Balaban J connectivity index is 0. The number of carbonyl (C=O) groups is 2. The molecule has 0 heterocycles. The van der Waals surface area contributed by atoms with Gasteiger partial charge in [-0.15, -0.1) is 0 Å². The molecule has 0 aromatic carbocycles. The zero-order chi connectivity index (χ0) is 56.4. The Hall–Kier alpha value is -2.81. The van der Waals surface area contributed by atoms with Crippen LogP contribution < -0.4 is 29.6 Å². The van der Waals surface area contributed by atoms with Crippen LogP contribution in [0.5, 0.6) is 0 Å². The molecule has 0 aliphatic rings. The molecule has 0 aromatic heterocycles. The Bertz CT molecular complexity index is 2000. The van der Waals surface area contributed by atoms with Gasteiger partial charge in [-0.3, -0.25) is 9.59 Å². The van der Waals surface area contributed by atoms with Crippen molar-refractivity contribution in [3.8, 4) is 0 Å². The first-order valence-electron chi connectivity index (χ1n) is 14.2. The maximum atomic E-state index is 14.0. The smallest absolute Gasteiger partial charge is 0.747 e. The molecule has 0 aliphatic heterocycles. The summed E-state index contributed by atoms with van der Waals surface area (Å²) in [6.45, 7) is 0. The number of rotatable bonds is 20. The van der Waals surface area contributed by atoms with E-state index in [2.05, 4.69) is 0 Å². The Labute approximate surface area is 369 Å². The second-order valence-electron chi connectivity index (χ2n) is 12.2. The fourth-order valence-corrected chi connectivity index (χ4v) is 4.28. The van der Waals surface area contributed by atoms with Gasteiger partial charge >= 0.3 is 149 Å². The summed E-state index contributed by atoms with van der Waals surface area (Å²) in [6.07, 6.45) is -38.1. The van der Waals surface area contributed by atoms with Crippen molar-refractivity contribution in [3.05, 3.63) is 0 Å². The van der Waals surface area contributed by atoms with E-state index in [0.29, 0.717) is 0 Å². The van der Waals surface area contributed by atoms with E-state index in [0.717, 1.165) is 0 Å². The third kappa shape index (κ3) is 9.54. The van der Waals surface area contributed by atoms with E-state index in [1.54, 1.807) is 9.47 Å². The number of hydrogen-bond donors (Lipinski definition) is 0. The van der Waals surface area contributed by atoms with E-state index in [9.17, 15) is 189 Å². The molecule has 406 valence electrons. The molecule has 0 radical (unpaired) electrons. The van der Waals surface area contributed by atoms with E-state index >= 15 is 0 Å². The molecule has 69 heavy (non-hydrogen) atoms. The number of hydrogen-bond acceptors (Lipinski definition) is 7. The van der Waals surface area contributed by atoms with Gasteiger partial charge in [0.15, 0.2) is 5.25 Å². The number of halogens is 38. The average Bonchev–Trinajstić information content (AvgIpc) is 3.07. The van der Waals surface area contributed by atoms with Crippen LogP contribution in [-0.4, -0.2) is 138 Å². The topological polar surface area (TPSA) is 110 Å². The number of esters is 2. The van der Waals surface area contributed by atoms with Crippen LogP contribution in [0.2, 0.25) is 0 Å². The Morgan fingerprint density at radius 3 is 0.696 bits per heavy atom. The van der Waals surface area contributed by atoms with E-state index in [-0.39, 0.29) is 29.6 Å². The first kappa shape index (κ1) is 68.3. The minimum atomic E-state index is -9.73. The minimum Gasteiger partial charge on any atom is -0.747 e. The Morgan fingerprint density at radius 1 is 0.333 bits per heavy atom. The van der Waals surface area contributed by atoms with Crippen LogP contribution in [0.1, 0.15) is 6.42 Å². The second kappa shape index (κ2) is 17.7. The van der Waals surface area contributed by atoms with Gasteiger partial charge in [-0.25, -0.2) is 8.42 Å². The SMILES string of the molecule is O=C(CC(C(=O)OC(F)(F)C(F)(F)C(F)(F)C(F)(F)C(F)(F)C(F)(F)C(F)(F)C(F)(F)C(F)(F)F)S(=O)(=O)[O-])OC(F)(F)C(F)(F)C(F)(F)C(F)(F)C(F)(F)C(F)(F)C(F)(F)C(F)(F)C(F)(F)F.[Na+]. The summed E-state index contributed by atoms with van der Waals surface area (Å²) in [5, 5.41) is -5.48. The molecule has 0 fully saturated rings. The third-order valence-electron chi connectivity index (χ3n) is 7.61. The average molecular weight is 1160 g/mol. The molecule has 0 N–H and O–H groups in total.